The van der Waals surface area contributed by atoms with Crippen molar-refractivity contribution in [3.05, 3.63) is 70.8 Å². The predicted molar refractivity (Wildman–Crippen MR) is 92.8 cm³/mol. The maximum absolute atomic E-state index is 12.8. The summed E-state index contributed by atoms with van der Waals surface area (Å²) in [6.07, 6.45) is 0.976. The number of likely N-dealkylation sites (tertiary alicyclic amines) is 1. The van der Waals surface area contributed by atoms with E-state index in [9.17, 15) is 9.59 Å². The molecule has 1 fully saturated rings. The average molecular weight is 336 g/mol. The molecule has 0 saturated carbocycles. The van der Waals surface area contributed by atoms with Crippen molar-refractivity contribution in [1.82, 2.24) is 4.90 Å². The second-order valence-corrected chi connectivity index (χ2v) is 6.70. The van der Waals surface area contributed by atoms with Gasteiger partial charge in [0.2, 0.25) is 11.8 Å². The molecule has 4 rings (SSSR count). The molecule has 2 heterocycles. The summed E-state index contributed by atoms with van der Waals surface area (Å²) < 4.78 is 6.10. The monoisotopic (exact) mass is 336 g/mol. The maximum atomic E-state index is 12.8. The van der Waals surface area contributed by atoms with Crippen LogP contribution in [0.3, 0.4) is 0 Å². The lowest BCUT2D eigenvalue weighted by atomic mass is 9.92. The molecule has 2 aromatic carbocycles. The quantitative estimate of drug-likeness (QED) is 0.931. The third-order valence-electron chi connectivity index (χ3n) is 5.22. The van der Waals surface area contributed by atoms with Gasteiger partial charge >= 0.3 is 0 Å². The SMILES string of the molecule is NC(=O)c1ccccc1CC(=O)N1CCC2(C1)OCc1ccccc12. The highest BCUT2D eigenvalue weighted by Gasteiger charge is 2.46. The number of benzene rings is 2. The lowest BCUT2D eigenvalue weighted by Gasteiger charge is -2.25. The highest BCUT2D eigenvalue weighted by Crippen LogP contribution is 2.43. The molecule has 0 bridgehead atoms. The topological polar surface area (TPSA) is 72.6 Å². The molecule has 2 aliphatic rings. The standard InChI is InChI=1S/C20H20N2O3/c21-19(24)16-7-3-1-5-14(16)11-18(23)22-10-9-20(13-22)17-8-4-2-6-15(17)12-25-20/h1-8H,9-13H2,(H2,21,24). The van der Waals surface area contributed by atoms with E-state index >= 15 is 0 Å². The molecular weight excluding hydrogens is 316 g/mol. The summed E-state index contributed by atoms with van der Waals surface area (Å²) in [5.74, 6) is -0.507. The zero-order chi connectivity index (χ0) is 17.4. The molecule has 0 radical (unpaired) electrons. The number of nitrogens with two attached hydrogens (primary N) is 1. The van der Waals surface area contributed by atoms with Crippen molar-refractivity contribution >= 4 is 11.8 Å². The predicted octanol–water partition coefficient (Wildman–Crippen LogP) is 1.99. The molecule has 1 unspecified atom stereocenters. The Morgan fingerprint density at radius 3 is 2.72 bits per heavy atom. The van der Waals surface area contributed by atoms with Crippen LogP contribution in [0.4, 0.5) is 0 Å². The first-order valence-corrected chi connectivity index (χ1v) is 8.47. The number of hydrogen-bond acceptors (Lipinski definition) is 3. The van der Waals surface area contributed by atoms with Gasteiger partial charge in [0.05, 0.1) is 19.6 Å². The van der Waals surface area contributed by atoms with Crippen LogP contribution in [0.25, 0.3) is 0 Å². The summed E-state index contributed by atoms with van der Waals surface area (Å²) in [6, 6.07) is 15.2. The third kappa shape index (κ3) is 2.70. The van der Waals surface area contributed by atoms with Crippen molar-refractivity contribution in [2.45, 2.75) is 25.0 Å². The number of amides is 2. The van der Waals surface area contributed by atoms with Gasteiger partial charge in [-0.05, 0) is 29.2 Å². The van der Waals surface area contributed by atoms with Crippen molar-refractivity contribution in [2.75, 3.05) is 13.1 Å². The van der Waals surface area contributed by atoms with Gasteiger partial charge in [-0.15, -0.1) is 0 Å². The smallest absolute Gasteiger partial charge is 0.248 e. The van der Waals surface area contributed by atoms with Crippen LogP contribution in [0.2, 0.25) is 0 Å². The van der Waals surface area contributed by atoms with Crippen LogP contribution in [-0.2, 0) is 28.2 Å². The van der Waals surface area contributed by atoms with E-state index in [0.717, 1.165) is 6.42 Å². The minimum Gasteiger partial charge on any atom is -0.366 e. The molecule has 128 valence electrons. The molecule has 2 aliphatic heterocycles. The van der Waals surface area contributed by atoms with E-state index in [2.05, 4.69) is 12.1 Å². The summed E-state index contributed by atoms with van der Waals surface area (Å²) in [5.41, 5.74) is 8.51. The van der Waals surface area contributed by atoms with Crippen LogP contribution in [0.15, 0.2) is 48.5 Å². The summed E-state index contributed by atoms with van der Waals surface area (Å²) in [7, 11) is 0. The first kappa shape index (κ1) is 15.8. The molecule has 1 atom stereocenters. The van der Waals surface area contributed by atoms with E-state index in [1.165, 1.54) is 11.1 Å². The molecular formula is C20H20N2O3. The number of rotatable bonds is 3. The highest BCUT2D eigenvalue weighted by atomic mass is 16.5. The molecule has 5 heteroatoms. The van der Waals surface area contributed by atoms with Gasteiger partial charge in [0, 0.05) is 12.1 Å². The minimum atomic E-state index is -0.505. The van der Waals surface area contributed by atoms with Crippen LogP contribution in [0.5, 0.6) is 0 Å². The van der Waals surface area contributed by atoms with E-state index in [1.54, 1.807) is 18.2 Å². The number of hydrogen-bond donors (Lipinski definition) is 1. The second-order valence-electron chi connectivity index (χ2n) is 6.70. The van der Waals surface area contributed by atoms with Crippen LogP contribution < -0.4 is 5.73 Å². The lowest BCUT2D eigenvalue weighted by molar-refractivity contribution is -0.131. The van der Waals surface area contributed by atoms with Crippen LogP contribution in [0, 0.1) is 0 Å². The number of carbonyl (C=O) groups excluding carboxylic acids is 2. The fourth-order valence-corrected chi connectivity index (χ4v) is 3.91. The Kier molecular flexibility index (Phi) is 3.81. The van der Waals surface area contributed by atoms with Gasteiger partial charge in [0.15, 0.2) is 0 Å². The zero-order valence-corrected chi connectivity index (χ0v) is 13.9. The van der Waals surface area contributed by atoms with E-state index in [-0.39, 0.29) is 17.9 Å². The van der Waals surface area contributed by atoms with E-state index in [0.29, 0.717) is 30.8 Å². The number of carbonyl (C=O) groups is 2. The average Bonchev–Trinajstić information content (AvgIpc) is 3.21. The maximum Gasteiger partial charge on any atom is 0.248 e. The van der Waals surface area contributed by atoms with Crippen molar-refractivity contribution in [2.24, 2.45) is 5.73 Å². The van der Waals surface area contributed by atoms with Crippen molar-refractivity contribution < 1.29 is 14.3 Å². The molecule has 2 amide bonds. The minimum absolute atomic E-state index is 0.00134. The summed E-state index contributed by atoms with van der Waals surface area (Å²) in [6.45, 7) is 1.82. The van der Waals surface area contributed by atoms with E-state index < -0.39 is 5.91 Å². The Bertz CT molecular complexity index is 848. The van der Waals surface area contributed by atoms with Gasteiger partial charge in [0.25, 0.3) is 0 Å². The van der Waals surface area contributed by atoms with Crippen molar-refractivity contribution in [3.8, 4) is 0 Å². The zero-order valence-electron chi connectivity index (χ0n) is 13.9. The largest absolute Gasteiger partial charge is 0.366 e. The first-order chi connectivity index (χ1) is 12.1. The summed E-state index contributed by atoms with van der Waals surface area (Å²) >= 11 is 0. The first-order valence-electron chi connectivity index (χ1n) is 8.47. The van der Waals surface area contributed by atoms with Gasteiger partial charge in [-0.1, -0.05) is 42.5 Å². The van der Waals surface area contributed by atoms with Gasteiger partial charge in [-0.2, -0.15) is 0 Å². The number of fused-ring (bicyclic) bond motifs is 2. The Hall–Kier alpha value is -2.66. The Morgan fingerprint density at radius 2 is 1.88 bits per heavy atom. The van der Waals surface area contributed by atoms with E-state index in [1.807, 2.05) is 23.1 Å². The van der Waals surface area contributed by atoms with Crippen molar-refractivity contribution in [1.29, 1.82) is 0 Å². The summed E-state index contributed by atoms with van der Waals surface area (Å²) in [5, 5.41) is 0. The molecule has 25 heavy (non-hydrogen) atoms. The number of primary amides is 1. The number of ether oxygens (including phenoxy) is 1. The Balaban J connectivity index is 1.52. The second kappa shape index (κ2) is 6.01. The fourth-order valence-electron chi connectivity index (χ4n) is 3.91. The van der Waals surface area contributed by atoms with E-state index in [4.69, 9.17) is 10.5 Å². The normalized spacial score (nSPS) is 21.5. The van der Waals surface area contributed by atoms with Gasteiger partial charge in [-0.25, -0.2) is 0 Å². The van der Waals surface area contributed by atoms with Crippen LogP contribution in [0.1, 0.15) is 33.5 Å². The molecule has 0 aromatic heterocycles. The molecule has 1 saturated heterocycles. The molecule has 2 aromatic rings. The lowest BCUT2D eigenvalue weighted by Crippen LogP contribution is -2.35. The molecule has 2 N–H and O–H groups in total. The molecule has 5 nitrogen and oxygen atoms in total. The molecule has 0 aliphatic carbocycles. The number of nitrogens with zero attached hydrogens (tertiary/aromatic N) is 1. The van der Waals surface area contributed by atoms with Crippen molar-refractivity contribution in [3.63, 3.8) is 0 Å². The van der Waals surface area contributed by atoms with Gasteiger partial charge in [0.1, 0.15) is 5.60 Å². The molecule has 1 spiro atoms. The Labute approximate surface area is 146 Å². The van der Waals surface area contributed by atoms with Gasteiger partial charge < -0.3 is 15.4 Å². The van der Waals surface area contributed by atoms with Crippen LogP contribution in [-0.4, -0.2) is 29.8 Å². The van der Waals surface area contributed by atoms with Crippen LogP contribution >= 0.6 is 0 Å². The fraction of sp³-hybridized carbons (Fsp3) is 0.300. The summed E-state index contributed by atoms with van der Waals surface area (Å²) in [4.78, 5) is 26.1. The van der Waals surface area contributed by atoms with Gasteiger partial charge in [-0.3, -0.25) is 9.59 Å². The third-order valence-corrected chi connectivity index (χ3v) is 5.22. The highest BCUT2D eigenvalue weighted by molar-refractivity contribution is 5.95. The Morgan fingerprint density at radius 1 is 1.12 bits per heavy atom.